The van der Waals surface area contributed by atoms with Crippen molar-refractivity contribution < 1.29 is 0 Å². The highest BCUT2D eigenvalue weighted by atomic mass is 15.2. The van der Waals surface area contributed by atoms with Crippen molar-refractivity contribution >= 4 is 0 Å². The van der Waals surface area contributed by atoms with Crippen molar-refractivity contribution in [2.75, 3.05) is 26.2 Å². The van der Waals surface area contributed by atoms with Crippen LogP contribution in [0.1, 0.15) is 52.9 Å². The Morgan fingerprint density at radius 3 is 2.75 bits per heavy atom. The van der Waals surface area contributed by atoms with Gasteiger partial charge in [-0.25, -0.2) is 0 Å². The molecule has 2 unspecified atom stereocenters. The Kier molecular flexibility index (Phi) is 7.06. The van der Waals surface area contributed by atoms with Gasteiger partial charge in [-0.05, 0) is 38.8 Å². The number of hydrogen-bond acceptors (Lipinski definition) is 2. The molecule has 96 valence electrons. The summed E-state index contributed by atoms with van der Waals surface area (Å²) < 4.78 is 0. The molecule has 1 rings (SSSR count). The first-order chi connectivity index (χ1) is 7.77. The molecule has 0 aromatic carbocycles. The highest BCUT2D eigenvalue weighted by Gasteiger charge is 2.24. The molecule has 1 aliphatic rings. The van der Waals surface area contributed by atoms with Crippen molar-refractivity contribution in [2.24, 2.45) is 5.92 Å². The molecule has 2 heteroatoms. The van der Waals surface area contributed by atoms with E-state index in [2.05, 4.69) is 31.0 Å². The normalized spacial score (nSPS) is 23.8. The van der Waals surface area contributed by atoms with E-state index in [-0.39, 0.29) is 0 Å². The van der Waals surface area contributed by atoms with Crippen molar-refractivity contribution in [1.82, 2.24) is 10.2 Å². The van der Waals surface area contributed by atoms with Crippen molar-refractivity contribution in [3.05, 3.63) is 0 Å². The smallest absolute Gasteiger partial charge is 0.0192 e. The second-order valence-electron chi connectivity index (χ2n) is 5.32. The van der Waals surface area contributed by atoms with Crippen LogP contribution in [0.25, 0.3) is 0 Å². The molecule has 0 amide bonds. The van der Waals surface area contributed by atoms with Gasteiger partial charge in [0.2, 0.25) is 0 Å². The van der Waals surface area contributed by atoms with Gasteiger partial charge < -0.3 is 5.32 Å². The van der Waals surface area contributed by atoms with Gasteiger partial charge >= 0.3 is 0 Å². The monoisotopic (exact) mass is 226 g/mol. The molecule has 2 atom stereocenters. The van der Waals surface area contributed by atoms with Crippen molar-refractivity contribution in [2.45, 2.75) is 58.9 Å². The fourth-order valence-corrected chi connectivity index (χ4v) is 2.54. The molecule has 0 saturated carbocycles. The molecular formula is C14H30N2. The van der Waals surface area contributed by atoms with Crippen LogP contribution in [0.15, 0.2) is 0 Å². The molecule has 0 aliphatic carbocycles. The third-order valence-corrected chi connectivity index (χ3v) is 3.91. The van der Waals surface area contributed by atoms with E-state index in [0.717, 1.165) is 12.0 Å². The zero-order chi connectivity index (χ0) is 11.8. The van der Waals surface area contributed by atoms with Gasteiger partial charge in [-0.1, -0.05) is 33.1 Å². The summed E-state index contributed by atoms with van der Waals surface area (Å²) in [5.41, 5.74) is 0. The van der Waals surface area contributed by atoms with Crippen LogP contribution in [0.3, 0.4) is 0 Å². The maximum Gasteiger partial charge on any atom is 0.0192 e. The quantitative estimate of drug-likeness (QED) is 0.640. The molecule has 1 aliphatic heterocycles. The molecule has 0 bridgehead atoms. The predicted octanol–water partition coefficient (Wildman–Crippen LogP) is 2.89. The van der Waals surface area contributed by atoms with E-state index in [1.165, 1.54) is 58.3 Å². The molecule has 0 radical (unpaired) electrons. The molecule has 1 saturated heterocycles. The second kappa shape index (κ2) is 8.08. The Morgan fingerprint density at radius 1 is 1.31 bits per heavy atom. The molecule has 0 aromatic rings. The first kappa shape index (κ1) is 14.0. The van der Waals surface area contributed by atoms with Crippen LogP contribution in [0, 0.1) is 5.92 Å². The molecule has 1 N–H and O–H groups in total. The third-order valence-electron chi connectivity index (χ3n) is 3.91. The number of hydrogen-bond donors (Lipinski definition) is 1. The largest absolute Gasteiger partial charge is 0.315 e. The Hall–Kier alpha value is -0.0800. The minimum Gasteiger partial charge on any atom is -0.315 e. The van der Waals surface area contributed by atoms with Gasteiger partial charge in [-0.2, -0.15) is 0 Å². The van der Waals surface area contributed by atoms with Gasteiger partial charge in [0.15, 0.2) is 0 Å². The molecule has 1 heterocycles. The summed E-state index contributed by atoms with van der Waals surface area (Å²) in [5, 5.41) is 3.59. The number of likely N-dealkylation sites (tertiary alicyclic amines) is 1. The van der Waals surface area contributed by atoms with E-state index in [0.29, 0.717) is 0 Å². The zero-order valence-corrected chi connectivity index (χ0v) is 11.5. The van der Waals surface area contributed by atoms with Gasteiger partial charge in [0.25, 0.3) is 0 Å². The van der Waals surface area contributed by atoms with Crippen molar-refractivity contribution in [1.29, 1.82) is 0 Å². The maximum absolute atomic E-state index is 3.59. The average Bonchev–Trinajstić information content (AvgIpc) is 2.77. The summed E-state index contributed by atoms with van der Waals surface area (Å²) in [6.07, 6.45) is 6.79. The van der Waals surface area contributed by atoms with Crippen LogP contribution in [0.4, 0.5) is 0 Å². The fourth-order valence-electron chi connectivity index (χ4n) is 2.54. The lowest BCUT2D eigenvalue weighted by Crippen LogP contribution is -2.39. The van der Waals surface area contributed by atoms with Gasteiger partial charge in [0.1, 0.15) is 0 Å². The average molecular weight is 226 g/mol. The van der Waals surface area contributed by atoms with Gasteiger partial charge in [-0.3, -0.25) is 4.90 Å². The van der Waals surface area contributed by atoms with E-state index in [4.69, 9.17) is 0 Å². The summed E-state index contributed by atoms with van der Waals surface area (Å²) in [6, 6.07) is 0.721. The summed E-state index contributed by atoms with van der Waals surface area (Å²) in [7, 11) is 0. The van der Waals surface area contributed by atoms with Crippen LogP contribution in [0.5, 0.6) is 0 Å². The van der Waals surface area contributed by atoms with Gasteiger partial charge in [0.05, 0.1) is 0 Å². The van der Waals surface area contributed by atoms with Crippen molar-refractivity contribution in [3.8, 4) is 0 Å². The summed E-state index contributed by atoms with van der Waals surface area (Å²) in [5.74, 6) is 0.961. The highest BCUT2D eigenvalue weighted by Crippen LogP contribution is 2.20. The van der Waals surface area contributed by atoms with Gasteiger partial charge in [0, 0.05) is 19.1 Å². The topological polar surface area (TPSA) is 15.3 Å². The standard InChI is InChI=1S/C14H30N2/c1-4-6-7-9-15-11-13(3)16-10-8-14(5-2)12-16/h13-15H,4-12H2,1-3H3. The molecule has 16 heavy (non-hydrogen) atoms. The Labute approximate surface area is 102 Å². The molecular weight excluding hydrogens is 196 g/mol. The predicted molar refractivity (Wildman–Crippen MR) is 71.8 cm³/mol. The van der Waals surface area contributed by atoms with Crippen molar-refractivity contribution in [3.63, 3.8) is 0 Å². The molecule has 0 spiro atoms. The SMILES string of the molecule is CCCCCNCC(C)N1CCC(CC)C1. The minimum atomic E-state index is 0.721. The number of unbranched alkanes of at least 4 members (excludes halogenated alkanes) is 2. The van der Waals surface area contributed by atoms with E-state index in [1.54, 1.807) is 0 Å². The van der Waals surface area contributed by atoms with Crippen LogP contribution < -0.4 is 5.32 Å². The summed E-state index contributed by atoms with van der Waals surface area (Å²) >= 11 is 0. The minimum absolute atomic E-state index is 0.721. The Morgan fingerprint density at radius 2 is 2.12 bits per heavy atom. The van der Waals surface area contributed by atoms with Crippen LogP contribution in [-0.2, 0) is 0 Å². The van der Waals surface area contributed by atoms with Crippen LogP contribution >= 0.6 is 0 Å². The first-order valence-corrected chi connectivity index (χ1v) is 7.22. The number of nitrogens with zero attached hydrogens (tertiary/aromatic N) is 1. The maximum atomic E-state index is 3.59. The van der Waals surface area contributed by atoms with E-state index in [9.17, 15) is 0 Å². The van der Waals surface area contributed by atoms with E-state index >= 15 is 0 Å². The van der Waals surface area contributed by atoms with E-state index < -0.39 is 0 Å². The van der Waals surface area contributed by atoms with Crippen LogP contribution in [0.2, 0.25) is 0 Å². The number of rotatable bonds is 8. The first-order valence-electron chi connectivity index (χ1n) is 7.22. The zero-order valence-electron chi connectivity index (χ0n) is 11.5. The second-order valence-corrected chi connectivity index (χ2v) is 5.32. The van der Waals surface area contributed by atoms with Crippen LogP contribution in [-0.4, -0.2) is 37.1 Å². The molecule has 2 nitrogen and oxygen atoms in total. The summed E-state index contributed by atoms with van der Waals surface area (Å²) in [4.78, 5) is 2.65. The summed E-state index contributed by atoms with van der Waals surface area (Å²) in [6.45, 7) is 12.0. The lowest BCUT2D eigenvalue weighted by Gasteiger charge is -2.24. The Balaban J connectivity index is 2.04. The number of nitrogens with one attached hydrogen (secondary N) is 1. The molecule has 1 fully saturated rings. The molecule has 0 aromatic heterocycles. The van der Waals surface area contributed by atoms with E-state index in [1.807, 2.05) is 0 Å². The Bertz CT molecular complexity index is 170. The fraction of sp³-hybridized carbons (Fsp3) is 1.00. The lowest BCUT2D eigenvalue weighted by molar-refractivity contribution is 0.242. The lowest BCUT2D eigenvalue weighted by atomic mass is 10.1. The third kappa shape index (κ3) is 4.84. The van der Waals surface area contributed by atoms with Gasteiger partial charge in [-0.15, -0.1) is 0 Å². The highest BCUT2D eigenvalue weighted by molar-refractivity contribution is 4.79.